The average molecular weight is 396 g/mol. The standard InChI is InChI=1S/C23H29N3O3/c1-3-5-14-26-22(15-10-12-16(13-11-15)29-4-2)19-20(24-25-21(19)23(26)28)17-8-6-7-9-18(17)27/h6-13,19-22,24-25,27H,3-5,14H2,1-2H3. The molecule has 2 aliphatic heterocycles. The van der Waals surface area contributed by atoms with Crippen molar-refractivity contribution in [2.24, 2.45) is 5.92 Å². The molecule has 4 rings (SSSR count). The second-order valence-electron chi connectivity index (χ2n) is 7.71. The first-order chi connectivity index (χ1) is 14.2. The van der Waals surface area contributed by atoms with Crippen molar-refractivity contribution < 1.29 is 14.6 Å². The number of phenols is 1. The highest BCUT2D eigenvalue weighted by Crippen LogP contribution is 2.48. The van der Waals surface area contributed by atoms with Crippen molar-refractivity contribution in [2.75, 3.05) is 13.2 Å². The number of carbonyl (C=O) groups is 1. The highest BCUT2D eigenvalue weighted by Gasteiger charge is 2.55. The molecule has 6 nitrogen and oxygen atoms in total. The quantitative estimate of drug-likeness (QED) is 0.671. The molecule has 2 heterocycles. The summed E-state index contributed by atoms with van der Waals surface area (Å²) in [4.78, 5) is 15.3. The predicted molar refractivity (Wildman–Crippen MR) is 111 cm³/mol. The molecule has 3 N–H and O–H groups in total. The summed E-state index contributed by atoms with van der Waals surface area (Å²) in [6.07, 6.45) is 2.00. The third kappa shape index (κ3) is 3.58. The molecule has 2 aliphatic rings. The number of hydrogen-bond donors (Lipinski definition) is 3. The lowest BCUT2D eigenvalue weighted by Gasteiger charge is -2.31. The van der Waals surface area contributed by atoms with Gasteiger partial charge >= 0.3 is 0 Å². The van der Waals surface area contributed by atoms with Crippen LogP contribution in [0, 0.1) is 5.92 Å². The lowest BCUT2D eigenvalue weighted by molar-refractivity contribution is -0.130. The summed E-state index contributed by atoms with van der Waals surface area (Å²) >= 11 is 0. The number of ether oxygens (including phenoxy) is 1. The summed E-state index contributed by atoms with van der Waals surface area (Å²) in [5, 5.41) is 10.4. The minimum atomic E-state index is -0.312. The van der Waals surface area contributed by atoms with Crippen molar-refractivity contribution in [1.82, 2.24) is 15.8 Å². The number of likely N-dealkylation sites (tertiary alicyclic amines) is 1. The van der Waals surface area contributed by atoms with Crippen LogP contribution in [0.1, 0.15) is 49.9 Å². The fourth-order valence-electron chi connectivity index (χ4n) is 4.62. The molecule has 2 aromatic carbocycles. The van der Waals surface area contributed by atoms with Crippen LogP contribution in [0.3, 0.4) is 0 Å². The van der Waals surface area contributed by atoms with Gasteiger partial charge in [-0.3, -0.25) is 4.79 Å². The number of hydrogen-bond acceptors (Lipinski definition) is 5. The van der Waals surface area contributed by atoms with E-state index in [9.17, 15) is 9.90 Å². The SMILES string of the molecule is CCCCN1C(=O)C2NNC(c3ccccc3O)C2C1c1ccc(OCC)cc1. The largest absolute Gasteiger partial charge is 0.508 e. The lowest BCUT2D eigenvalue weighted by atomic mass is 9.83. The fraction of sp³-hybridized carbons (Fsp3) is 0.435. The summed E-state index contributed by atoms with van der Waals surface area (Å²) in [5.74, 6) is 1.17. The van der Waals surface area contributed by atoms with E-state index in [1.165, 1.54) is 0 Å². The zero-order chi connectivity index (χ0) is 20.4. The minimum absolute atomic E-state index is 0.0226. The number of nitrogens with one attached hydrogen (secondary N) is 2. The van der Waals surface area contributed by atoms with Gasteiger partial charge in [0.2, 0.25) is 5.91 Å². The number of hydrazine groups is 1. The molecule has 1 amide bonds. The molecule has 0 bridgehead atoms. The molecule has 0 saturated carbocycles. The third-order valence-corrected chi connectivity index (χ3v) is 5.97. The van der Waals surface area contributed by atoms with Gasteiger partial charge < -0.3 is 14.7 Å². The van der Waals surface area contributed by atoms with Crippen molar-refractivity contribution >= 4 is 5.91 Å². The first-order valence-corrected chi connectivity index (χ1v) is 10.5. The van der Waals surface area contributed by atoms with Crippen molar-refractivity contribution in [3.05, 3.63) is 59.7 Å². The first kappa shape index (κ1) is 19.7. The Morgan fingerprint density at radius 2 is 1.76 bits per heavy atom. The Hall–Kier alpha value is -2.57. The van der Waals surface area contributed by atoms with E-state index in [-0.39, 0.29) is 35.7 Å². The van der Waals surface area contributed by atoms with Gasteiger partial charge in [-0.2, -0.15) is 0 Å². The smallest absolute Gasteiger partial charge is 0.242 e. The van der Waals surface area contributed by atoms with E-state index in [0.717, 1.165) is 36.3 Å². The number of fused-ring (bicyclic) bond motifs is 1. The van der Waals surface area contributed by atoms with Gasteiger partial charge in [0, 0.05) is 18.0 Å². The van der Waals surface area contributed by atoms with E-state index in [0.29, 0.717) is 6.61 Å². The van der Waals surface area contributed by atoms with Crippen molar-refractivity contribution in [3.63, 3.8) is 0 Å². The van der Waals surface area contributed by atoms with Gasteiger partial charge in [-0.15, -0.1) is 0 Å². The van der Waals surface area contributed by atoms with Crippen LogP contribution < -0.4 is 15.6 Å². The molecule has 2 saturated heterocycles. The van der Waals surface area contributed by atoms with Gasteiger partial charge in [-0.25, -0.2) is 10.9 Å². The molecule has 154 valence electrons. The van der Waals surface area contributed by atoms with Gasteiger partial charge in [-0.1, -0.05) is 43.7 Å². The lowest BCUT2D eigenvalue weighted by Crippen LogP contribution is -2.41. The predicted octanol–water partition coefficient (Wildman–Crippen LogP) is 3.31. The first-order valence-electron chi connectivity index (χ1n) is 10.5. The van der Waals surface area contributed by atoms with Gasteiger partial charge in [0.15, 0.2) is 0 Å². The van der Waals surface area contributed by atoms with Crippen molar-refractivity contribution in [3.8, 4) is 11.5 Å². The summed E-state index contributed by atoms with van der Waals surface area (Å²) in [6.45, 7) is 5.46. The molecule has 0 aliphatic carbocycles. The number of carbonyl (C=O) groups excluding carboxylic acids is 1. The summed E-state index contributed by atoms with van der Waals surface area (Å²) in [6, 6.07) is 14.9. The molecular weight excluding hydrogens is 366 g/mol. The Kier molecular flexibility index (Phi) is 5.74. The van der Waals surface area contributed by atoms with Crippen LogP contribution >= 0.6 is 0 Å². The molecular formula is C23H29N3O3. The molecule has 0 aromatic heterocycles. The molecule has 4 unspecified atom stereocenters. The molecule has 2 fully saturated rings. The Balaban J connectivity index is 1.72. The molecule has 2 aromatic rings. The Bertz CT molecular complexity index is 855. The van der Waals surface area contributed by atoms with Crippen LogP contribution in [-0.2, 0) is 4.79 Å². The van der Waals surface area contributed by atoms with Crippen LogP contribution in [0.25, 0.3) is 0 Å². The maximum Gasteiger partial charge on any atom is 0.242 e. The van der Waals surface area contributed by atoms with Crippen LogP contribution in [0.15, 0.2) is 48.5 Å². The topological polar surface area (TPSA) is 73.8 Å². The molecule has 29 heavy (non-hydrogen) atoms. The van der Waals surface area contributed by atoms with E-state index in [1.54, 1.807) is 6.07 Å². The van der Waals surface area contributed by atoms with Crippen LogP contribution in [0.2, 0.25) is 0 Å². The van der Waals surface area contributed by atoms with Crippen LogP contribution in [0.5, 0.6) is 11.5 Å². The highest BCUT2D eigenvalue weighted by atomic mass is 16.5. The number of nitrogens with zero attached hydrogens (tertiary/aromatic N) is 1. The van der Waals surface area contributed by atoms with Crippen LogP contribution in [0.4, 0.5) is 0 Å². The molecule has 6 heteroatoms. The number of para-hydroxylation sites is 1. The minimum Gasteiger partial charge on any atom is -0.508 e. The monoisotopic (exact) mass is 395 g/mol. The molecule has 4 atom stereocenters. The number of phenolic OH excluding ortho intramolecular Hbond substituents is 1. The number of unbranched alkanes of at least 4 members (excludes halogenated alkanes) is 1. The van der Waals surface area contributed by atoms with Crippen molar-refractivity contribution in [1.29, 1.82) is 0 Å². The zero-order valence-corrected chi connectivity index (χ0v) is 17.0. The summed E-state index contributed by atoms with van der Waals surface area (Å²) < 4.78 is 5.59. The van der Waals surface area contributed by atoms with Crippen LogP contribution in [-0.4, -0.2) is 35.1 Å². The molecule has 0 spiro atoms. The van der Waals surface area contributed by atoms with E-state index < -0.39 is 0 Å². The fourth-order valence-corrected chi connectivity index (χ4v) is 4.62. The number of aromatic hydroxyl groups is 1. The van der Waals surface area contributed by atoms with Gasteiger partial charge in [0.05, 0.1) is 18.7 Å². The second-order valence-corrected chi connectivity index (χ2v) is 7.71. The third-order valence-electron chi connectivity index (χ3n) is 5.97. The number of amides is 1. The van der Waals surface area contributed by atoms with E-state index in [2.05, 4.69) is 29.9 Å². The Labute approximate surface area is 171 Å². The Morgan fingerprint density at radius 3 is 2.45 bits per heavy atom. The van der Waals surface area contributed by atoms with Gasteiger partial charge in [0.25, 0.3) is 0 Å². The Morgan fingerprint density at radius 1 is 1.03 bits per heavy atom. The number of rotatable bonds is 7. The van der Waals surface area contributed by atoms with Gasteiger partial charge in [-0.05, 0) is 37.1 Å². The number of benzene rings is 2. The second kappa shape index (κ2) is 8.43. The highest BCUT2D eigenvalue weighted by molar-refractivity contribution is 5.86. The average Bonchev–Trinajstić information content (AvgIpc) is 3.27. The van der Waals surface area contributed by atoms with Crippen molar-refractivity contribution in [2.45, 2.75) is 44.8 Å². The normalized spacial score (nSPS) is 26.0. The maximum absolute atomic E-state index is 13.2. The van der Waals surface area contributed by atoms with Gasteiger partial charge in [0.1, 0.15) is 17.5 Å². The summed E-state index contributed by atoms with van der Waals surface area (Å²) in [5.41, 5.74) is 8.38. The summed E-state index contributed by atoms with van der Waals surface area (Å²) in [7, 11) is 0. The van der Waals surface area contributed by atoms with E-state index in [1.807, 2.05) is 42.2 Å². The van der Waals surface area contributed by atoms with E-state index >= 15 is 0 Å². The molecule has 0 radical (unpaired) electrons. The zero-order valence-electron chi connectivity index (χ0n) is 17.0. The van der Waals surface area contributed by atoms with E-state index in [4.69, 9.17) is 4.74 Å². The maximum atomic E-state index is 13.2.